The molecule has 0 fully saturated rings. The molecule has 0 spiro atoms. The number of sulfonamides is 1. The predicted molar refractivity (Wildman–Crippen MR) is 125 cm³/mol. The molecule has 3 aromatic rings. The number of hydrogen-bond acceptors (Lipinski definition) is 6. The van der Waals surface area contributed by atoms with E-state index in [2.05, 4.69) is 9.97 Å². The summed E-state index contributed by atoms with van der Waals surface area (Å²) in [7, 11) is -4.42. The zero-order valence-corrected chi connectivity index (χ0v) is 20.3. The Hall–Kier alpha value is -3.46. The lowest BCUT2D eigenvalue weighted by Crippen LogP contribution is -2.34. The Labute approximate surface area is 193 Å². The van der Waals surface area contributed by atoms with Gasteiger partial charge in [-0.3, -0.25) is 9.59 Å². The first kappa shape index (κ1) is 24.2. The highest BCUT2D eigenvalue weighted by molar-refractivity contribution is 7.90. The minimum atomic E-state index is -4.42. The maximum Gasteiger partial charge on any atom is 0.270 e. The van der Waals surface area contributed by atoms with Crippen molar-refractivity contribution >= 4 is 15.9 Å². The fourth-order valence-corrected chi connectivity index (χ4v) is 4.41. The van der Waals surface area contributed by atoms with Gasteiger partial charge >= 0.3 is 0 Å². The summed E-state index contributed by atoms with van der Waals surface area (Å²) in [6.07, 6.45) is 1.30. The molecule has 2 N–H and O–H groups in total. The average Bonchev–Trinajstić information content (AvgIpc) is 2.69. The number of aromatic nitrogens is 2. The van der Waals surface area contributed by atoms with Gasteiger partial charge in [-0.25, -0.2) is 18.1 Å². The van der Waals surface area contributed by atoms with Gasteiger partial charge in [0.25, 0.3) is 21.5 Å². The van der Waals surface area contributed by atoms with Crippen LogP contribution in [0.3, 0.4) is 0 Å². The molecule has 0 unspecified atom stereocenters. The van der Waals surface area contributed by atoms with Gasteiger partial charge in [0.15, 0.2) is 4.90 Å². The van der Waals surface area contributed by atoms with Crippen molar-refractivity contribution in [2.45, 2.75) is 51.9 Å². The molecule has 0 aliphatic heterocycles. The molecule has 0 radical (unpaired) electrons. The van der Waals surface area contributed by atoms with E-state index in [4.69, 9.17) is 4.74 Å². The normalized spacial score (nSPS) is 11.8. The summed E-state index contributed by atoms with van der Waals surface area (Å²) in [5.41, 5.74) is 2.19. The van der Waals surface area contributed by atoms with Crippen molar-refractivity contribution in [3.63, 3.8) is 0 Å². The van der Waals surface area contributed by atoms with E-state index >= 15 is 0 Å². The van der Waals surface area contributed by atoms with Crippen LogP contribution in [0.4, 0.5) is 0 Å². The van der Waals surface area contributed by atoms with E-state index in [9.17, 15) is 18.0 Å². The lowest BCUT2D eigenvalue weighted by atomic mass is 9.91. The van der Waals surface area contributed by atoms with Crippen LogP contribution in [0.15, 0.2) is 52.3 Å². The fraction of sp³-hybridized carbons (Fsp3) is 0.292. The molecule has 2 heterocycles. The maximum atomic E-state index is 13.0. The van der Waals surface area contributed by atoms with Gasteiger partial charge in [0.1, 0.15) is 11.3 Å². The van der Waals surface area contributed by atoms with Crippen LogP contribution in [0, 0.1) is 20.8 Å². The topological polar surface area (TPSA) is 118 Å². The Morgan fingerprint density at radius 3 is 2.27 bits per heavy atom. The maximum absolute atomic E-state index is 13.0. The third-order valence-electron chi connectivity index (χ3n) is 4.98. The Morgan fingerprint density at radius 1 is 1.06 bits per heavy atom. The minimum absolute atomic E-state index is 0.0212. The quantitative estimate of drug-likeness (QED) is 0.585. The van der Waals surface area contributed by atoms with E-state index in [1.54, 1.807) is 6.07 Å². The number of hydrogen-bond donors (Lipinski definition) is 2. The van der Waals surface area contributed by atoms with E-state index < -0.39 is 26.4 Å². The number of carbonyl (C=O) groups is 1. The fourth-order valence-electron chi connectivity index (χ4n) is 3.38. The number of nitrogens with zero attached hydrogens (tertiary/aromatic N) is 1. The van der Waals surface area contributed by atoms with E-state index in [1.807, 2.05) is 58.4 Å². The highest BCUT2D eigenvalue weighted by Crippen LogP contribution is 2.32. The average molecular weight is 470 g/mol. The lowest BCUT2D eigenvalue weighted by molar-refractivity contribution is 0.0978. The molecule has 0 saturated heterocycles. The zero-order valence-electron chi connectivity index (χ0n) is 19.4. The Kier molecular flexibility index (Phi) is 6.46. The summed E-state index contributed by atoms with van der Waals surface area (Å²) in [6, 6.07) is 9.49. The number of aryl methyl sites for hydroxylation is 3. The molecule has 1 aromatic carbocycles. The molecular formula is C24H27N3O5S. The lowest BCUT2D eigenvalue weighted by Gasteiger charge is -2.21. The number of aromatic amines is 1. The Morgan fingerprint density at radius 2 is 1.70 bits per heavy atom. The van der Waals surface area contributed by atoms with Crippen LogP contribution in [0.1, 0.15) is 53.5 Å². The highest BCUT2D eigenvalue weighted by atomic mass is 32.2. The first-order valence-corrected chi connectivity index (χ1v) is 11.8. The van der Waals surface area contributed by atoms with Crippen molar-refractivity contribution in [3.8, 4) is 11.6 Å². The van der Waals surface area contributed by atoms with Gasteiger partial charge < -0.3 is 9.72 Å². The summed E-state index contributed by atoms with van der Waals surface area (Å²) in [6.45, 7) is 11.6. The first-order valence-electron chi connectivity index (χ1n) is 10.3. The van der Waals surface area contributed by atoms with Gasteiger partial charge in [-0.15, -0.1) is 0 Å². The predicted octanol–water partition coefficient (Wildman–Crippen LogP) is 3.90. The molecule has 1 amide bonds. The van der Waals surface area contributed by atoms with E-state index in [0.29, 0.717) is 11.4 Å². The number of rotatable bonds is 5. The molecule has 0 aliphatic rings. The van der Waals surface area contributed by atoms with Crippen LogP contribution >= 0.6 is 0 Å². The molecule has 0 bridgehead atoms. The molecular weight excluding hydrogens is 442 g/mol. The van der Waals surface area contributed by atoms with Crippen molar-refractivity contribution in [1.29, 1.82) is 0 Å². The summed E-state index contributed by atoms with van der Waals surface area (Å²) < 4.78 is 33.4. The number of nitrogens with one attached hydrogen (secondary N) is 2. The molecule has 174 valence electrons. The summed E-state index contributed by atoms with van der Waals surface area (Å²) in [5.74, 6) is -0.439. The van der Waals surface area contributed by atoms with Crippen molar-refractivity contribution in [3.05, 3.63) is 80.9 Å². The van der Waals surface area contributed by atoms with Crippen LogP contribution in [0.25, 0.3) is 0 Å². The monoisotopic (exact) mass is 469 g/mol. The molecule has 2 aromatic heterocycles. The van der Waals surface area contributed by atoms with Crippen LogP contribution in [-0.4, -0.2) is 24.3 Å². The first-order chi connectivity index (χ1) is 15.3. The van der Waals surface area contributed by atoms with Gasteiger partial charge in [0, 0.05) is 17.3 Å². The number of pyridine rings is 2. The number of carbonyl (C=O) groups excluding carboxylic acids is 1. The summed E-state index contributed by atoms with van der Waals surface area (Å²) in [4.78, 5) is 31.2. The van der Waals surface area contributed by atoms with Crippen LogP contribution in [0.5, 0.6) is 11.6 Å². The second-order valence-corrected chi connectivity index (χ2v) is 10.6. The number of benzene rings is 1. The molecule has 8 nitrogen and oxygen atoms in total. The second-order valence-electron chi connectivity index (χ2n) is 8.93. The molecule has 33 heavy (non-hydrogen) atoms. The van der Waals surface area contributed by atoms with Crippen molar-refractivity contribution in [2.75, 3.05) is 0 Å². The van der Waals surface area contributed by atoms with Crippen LogP contribution in [-0.2, 0) is 15.4 Å². The van der Waals surface area contributed by atoms with Crippen LogP contribution in [0.2, 0.25) is 0 Å². The number of ether oxygens (including phenoxy) is 1. The summed E-state index contributed by atoms with van der Waals surface area (Å²) in [5, 5.41) is 0. The molecule has 0 saturated carbocycles. The smallest absolute Gasteiger partial charge is 0.270 e. The summed E-state index contributed by atoms with van der Waals surface area (Å²) >= 11 is 0. The van der Waals surface area contributed by atoms with Crippen molar-refractivity contribution in [2.24, 2.45) is 0 Å². The number of amides is 1. The van der Waals surface area contributed by atoms with E-state index in [0.717, 1.165) is 22.8 Å². The van der Waals surface area contributed by atoms with E-state index in [-0.39, 0.29) is 16.9 Å². The molecule has 9 heteroatoms. The zero-order chi connectivity index (χ0) is 24.6. The van der Waals surface area contributed by atoms with Crippen LogP contribution < -0.4 is 15.0 Å². The molecule has 0 aliphatic carbocycles. The van der Waals surface area contributed by atoms with Gasteiger partial charge in [-0.05, 0) is 56.2 Å². The highest BCUT2D eigenvalue weighted by Gasteiger charge is 2.26. The minimum Gasteiger partial charge on any atom is -0.438 e. The van der Waals surface area contributed by atoms with Gasteiger partial charge in [-0.2, -0.15) is 0 Å². The van der Waals surface area contributed by atoms with Gasteiger partial charge in [-0.1, -0.05) is 38.5 Å². The Balaban J connectivity index is 2.07. The number of H-pyrrole nitrogens is 1. The van der Waals surface area contributed by atoms with E-state index in [1.165, 1.54) is 18.3 Å². The van der Waals surface area contributed by atoms with Gasteiger partial charge in [0.2, 0.25) is 5.88 Å². The standard InChI is InChI=1S/C24H27N3O5S/c1-14-12-15(2)20(16(3)13-14)32-23-17(9-10-19(26-23)24(4,5)6)21(28)27-33(30,31)18-8-7-11-25-22(18)29/h7-13H,1-6H3,(H,25,29)(H,27,28). The third kappa shape index (κ3) is 5.31. The molecule has 0 atom stereocenters. The van der Waals surface area contributed by atoms with Gasteiger partial charge in [0.05, 0.1) is 0 Å². The van der Waals surface area contributed by atoms with Crippen molar-refractivity contribution in [1.82, 2.24) is 14.7 Å². The SMILES string of the molecule is Cc1cc(C)c(Oc2nc(C(C)(C)C)ccc2C(=O)NS(=O)(=O)c2ccc[nH]c2=O)c(C)c1. The second kappa shape index (κ2) is 8.82. The Bertz CT molecular complexity index is 1360. The largest absolute Gasteiger partial charge is 0.438 e. The third-order valence-corrected chi connectivity index (χ3v) is 6.33. The van der Waals surface area contributed by atoms with Crippen molar-refractivity contribution < 1.29 is 17.9 Å². The molecule has 3 rings (SSSR count).